The van der Waals surface area contributed by atoms with Crippen LogP contribution in [-0.4, -0.2) is 50.6 Å². The Bertz CT molecular complexity index is 1610. The maximum Gasteiger partial charge on any atom is 0.247 e. The maximum absolute atomic E-state index is 14.1. The van der Waals surface area contributed by atoms with E-state index in [1.54, 1.807) is 36.3 Å². The predicted molar refractivity (Wildman–Crippen MR) is 177 cm³/mol. The lowest BCUT2D eigenvalue weighted by Crippen LogP contribution is -2.51. The summed E-state index contributed by atoms with van der Waals surface area (Å²) < 4.78 is 5.27. The van der Waals surface area contributed by atoms with Crippen molar-refractivity contribution in [2.45, 2.75) is 50.9 Å². The van der Waals surface area contributed by atoms with Crippen LogP contribution in [0.4, 0.5) is 5.69 Å². The van der Waals surface area contributed by atoms with Crippen molar-refractivity contribution in [3.63, 3.8) is 0 Å². The highest BCUT2D eigenvalue weighted by Gasteiger charge is 2.37. The van der Waals surface area contributed by atoms with Gasteiger partial charge in [0.2, 0.25) is 11.8 Å². The van der Waals surface area contributed by atoms with Crippen molar-refractivity contribution in [1.82, 2.24) is 19.9 Å². The number of carbonyl (C=O) groups is 2. The number of nitrogens with zero attached hydrogens (tertiary/aromatic N) is 4. The number of nitrogens with one attached hydrogen (secondary N) is 1. The molecule has 2 aromatic heterocycles. The maximum atomic E-state index is 14.1. The first-order valence-corrected chi connectivity index (χ1v) is 16.6. The molecule has 11 heteroatoms. The van der Waals surface area contributed by atoms with Crippen LogP contribution >= 0.6 is 34.7 Å². The Kier molecular flexibility index (Phi) is 10.7. The molecule has 0 radical (unpaired) electrons. The van der Waals surface area contributed by atoms with Crippen LogP contribution in [0.3, 0.4) is 0 Å². The molecule has 8 nitrogen and oxygen atoms in total. The lowest BCUT2D eigenvalue weighted by molar-refractivity contribution is -0.139. The van der Waals surface area contributed by atoms with Crippen molar-refractivity contribution in [3.05, 3.63) is 93.5 Å². The number of amides is 2. The molecule has 1 N–H and O–H groups in total. The van der Waals surface area contributed by atoms with Gasteiger partial charge in [-0.1, -0.05) is 47.6 Å². The van der Waals surface area contributed by atoms with E-state index in [2.05, 4.69) is 27.4 Å². The molecule has 2 amide bonds. The fourth-order valence-corrected chi connectivity index (χ4v) is 6.96. The Hall–Kier alpha value is -3.73. The van der Waals surface area contributed by atoms with Crippen molar-refractivity contribution >= 4 is 52.2 Å². The molecule has 4 aromatic rings. The third-order valence-electron chi connectivity index (χ3n) is 7.32. The molecule has 0 saturated carbocycles. The number of anilines is 1. The minimum Gasteiger partial charge on any atom is -0.497 e. The normalized spacial score (nSPS) is 15.0. The first kappa shape index (κ1) is 31.7. The molecule has 228 valence electrons. The number of carbonyl (C=O) groups excluding carboxylic acids is 2. The Morgan fingerprint density at radius 2 is 1.80 bits per heavy atom. The molecule has 44 heavy (non-hydrogen) atoms. The van der Waals surface area contributed by atoms with Crippen molar-refractivity contribution in [2.24, 2.45) is 5.92 Å². The zero-order valence-corrected chi connectivity index (χ0v) is 27.2. The Labute approximate surface area is 270 Å². The van der Waals surface area contributed by atoms with Gasteiger partial charge in [0.05, 0.1) is 25.1 Å². The quantitative estimate of drug-likeness (QED) is 0.103. The minimum absolute atomic E-state index is 0.0552. The number of allylic oxidation sites excluding steroid dienone is 2. The van der Waals surface area contributed by atoms with Crippen LogP contribution in [0, 0.1) is 19.8 Å². The fourth-order valence-electron chi connectivity index (χ4n) is 5.20. The number of hydrogen-bond acceptors (Lipinski definition) is 8. The molecule has 5 rings (SSSR count). The van der Waals surface area contributed by atoms with Gasteiger partial charge in [0.1, 0.15) is 16.8 Å². The number of halogens is 1. The van der Waals surface area contributed by atoms with Crippen LogP contribution in [0.25, 0.3) is 11.3 Å². The number of thiazole rings is 1. The van der Waals surface area contributed by atoms with E-state index >= 15 is 0 Å². The molecule has 2 aromatic carbocycles. The van der Waals surface area contributed by atoms with E-state index in [0.717, 1.165) is 40.5 Å². The molecule has 1 aliphatic carbocycles. The average Bonchev–Trinajstić information content (AvgIpc) is 3.49. The first-order chi connectivity index (χ1) is 21.3. The third kappa shape index (κ3) is 8.25. The van der Waals surface area contributed by atoms with Gasteiger partial charge in [-0.2, -0.15) is 0 Å². The van der Waals surface area contributed by atoms with E-state index < -0.39 is 6.04 Å². The van der Waals surface area contributed by atoms with Crippen LogP contribution in [0.1, 0.15) is 35.7 Å². The van der Waals surface area contributed by atoms with E-state index in [1.807, 2.05) is 49.6 Å². The largest absolute Gasteiger partial charge is 0.497 e. The molecule has 2 atom stereocenters. The minimum atomic E-state index is -0.710. The highest BCUT2D eigenvalue weighted by Crippen LogP contribution is 2.31. The SMILES string of the molecule is COc1ccc(NC(=O)C(C2CC=CCC2)N(Cc2nc(-c3ccc(Cl)cc3)cs2)C(=O)CSc2nc(C)cc(C)n2)cc1. The summed E-state index contributed by atoms with van der Waals surface area (Å²) in [6, 6.07) is 15.9. The number of hydrogen-bond donors (Lipinski definition) is 1. The summed E-state index contributed by atoms with van der Waals surface area (Å²) in [6.45, 7) is 4.01. The second-order valence-corrected chi connectivity index (χ2v) is 12.9. The Morgan fingerprint density at radius 1 is 1.07 bits per heavy atom. The molecular formula is C33H34ClN5O3S2. The first-order valence-electron chi connectivity index (χ1n) is 14.3. The average molecular weight is 648 g/mol. The third-order valence-corrected chi connectivity index (χ3v) is 9.24. The van der Waals surface area contributed by atoms with Gasteiger partial charge in [-0.3, -0.25) is 9.59 Å². The second kappa shape index (κ2) is 14.8. The van der Waals surface area contributed by atoms with Gasteiger partial charge in [-0.05, 0) is 81.5 Å². The number of ether oxygens (including phenoxy) is 1. The Balaban J connectivity index is 1.45. The second-order valence-electron chi connectivity index (χ2n) is 10.6. The van der Waals surface area contributed by atoms with E-state index in [9.17, 15) is 9.59 Å². The highest BCUT2D eigenvalue weighted by atomic mass is 35.5. The van der Waals surface area contributed by atoms with Crippen molar-refractivity contribution in [1.29, 1.82) is 0 Å². The van der Waals surface area contributed by atoms with Crippen LogP contribution in [-0.2, 0) is 16.1 Å². The zero-order chi connectivity index (χ0) is 31.1. The molecule has 0 bridgehead atoms. The zero-order valence-electron chi connectivity index (χ0n) is 24.8. The number of rotatable bonds is 11. The topological polar surface area (TPSA) is 97.3 Å². The number of thioether (sulfide) groups is 1. The molecule has 2 heterocycles. The summed E-state index contributed by atoms with van der Waals surface area (Å²) >= 11 is 8.84. The molecule has 0 aliphatic heterocycles. The number of aryl methyl sites for hydroxylation is 2. The van der Waals surface area contributed by atoms with E-state index in [-0.39, 0.29) is 30.0 Å². The van der Waals surface area contributed by atoms with Crippen LogP contribution in [0.15, 0.2) is 77.3 Å². The highest BCUT2D eigenvalue weighted by molar-refractivity contribution is 7.99. The molecule has 2 unspecified atom stereocenters. The predicted octanol–water partition coefficient (Wildman–Crippen LogP) is 7.36. The smallest absolute Gasteiger partial charge is 0.247 e. The monoisotopic (exact) mass is 647 g/mol. The van der Waals surface area contributed by atoms with Crippen LogP contribution < -0.4 is 10.1 Å². The summed E-state index contributed by atoms with van der Waals surface area (Å²) in [6.07, 6.45) is 6.58. The summed E-state index contributed by atoms with van der Waals surface area (Å²) in [7, 11) is 1.60. The van der Waals surface area contributed by atoms with Crippen LogP contribution in [0.5, 0.6) is 5.75 Å². The summed E-state index contributed by atoms with van der Waals surface area (Å²) in [5.74, 6) is 0.323. The Morgan fingerprint density at radius 3 is 2.45 bits per heavy atom. The molecule has 0 saturated heterocycles. The van der Waals surface area contributed by atoms with Crippen LogP contribution in [0.2, 0.25) is 5.02 Å². The summed E-state index contributed by atoms with van der Waals surface area (Å²) in [5, 5.41) is 6.96. The number of aromatic nitrogens is 3. The van der Waals surface area contributed by atoms with Gasteiger partial charge in [-0.15, -0.1) is 11.3 Å². The lowest BCUT2D eigenvalue weighted by atomic mass is 9.86. The van der Waals surface area contributed by atoms with Crippen molar-refractivity contribution in [3.8, 4) is 17.0 Å². The van der Waals surface area contributed by atoms with E-state index in [4.69, 9.17) is 21.3 Å². The van der Waals surface area contributed by atoms with Crippen molar-refractivity contribution in [2.75, 3.05) is 18.2 Å². The lowest BCUT2D eigenvalue weighted by Gasteiger charge is -2.36. The standard InChI is InChI=1S/C33H34ClN5O3S2/c1-21-17-22(2)36-33(35-21)44-20-30(40)39(18-29-38-28(19-43-29)23-9-11-25(34)12-10-23)31(24-7-5-4-6-8-24)32(41)37-26-13-15-27(42-3)16-14-26/h4-5,9-17,19,24,31H,6-8,18,20H2,1-3H3,(H,37,41). The van der Waals surface area contributed by atoms with Gasteiger partial charge in [0.15, 0.2) is 5.16 Å². The number of benzene rings is 2. The molecular weight excluding hydrogens is 614 g/mol. The van der Waals surface area contributed by atoms with Gasteiger partial charge >= 0.3 is 0 Å². The number of methoxy groups -OCH3 is 1. The fraction of sp³-hybridized carbons (Fsp3) is 0.303. The molecule has 0 fully saturated rings. The summed E-state index contributed by atoms with van der Waals surface area (Å²) in [5.41, 5.74) is 4.05. The molecule has 1 aliphatic rings. The van der Waals surface area contributed by atoms with Gasteiger partial charge < -0.3 is 15.0 Å². The van der Waals surface area contributed by atoms with E-state index in [1.165, 1.54) is 23.1 Å². The van der Waals surface area contributed by atoms with Gasteiger partial charge in [0, 0.05) is 33.0 Å². The van der Waals surface area contributed by atoms with E-state index in [0.29, 0.717) is 28.0 Å². The van der Waals surface area contributed by atoms with Gasteiger partial charge in [-0.25, -0.2) is 15.0 Å². The van der Waals surface area contributed by atoms with Gasteiger partial charge in [0.25, 0.3) is 0 Å². The van der Waals surface area contributed by atoms with Crippen molar-refractivity contribution < 1.29 is 14.3 Å². The summed E-state index contributed by atoms with van der Waals surface area (Å²) in [4.78, 5) is 43.8. The molecule has 0 spiro atoms.